The quantitative estimate of drug-likeness (QED) is 0.625. The number of carbonyl (C=O) groups is 1. The van der Waals surface area contributed by atoms with E-state index in [1.807, 2.05) is 42.5 Å². The van der Waals surface area contributed by atoms with Crippen LogP contribution in [-0.4, -0.2) is 5.78 Å². The van der Waals surface area contributed by atoms with Gasteiger partial charge in [-0.25, -0.2) is 0 Å². The summed E-state index contributed by atoms with van der Waals surface area (Å²) in [5.74, 6) is -0.0122. The Kier molecular flexibility index (Phi) is 5.44. The van der Waals surface area contributed by atoms with E-state index < -0.39 is 0 Å². The fourth-order valence-corrected chi connectivity index (χ4v) is 1.32. The van der Waals surface area contributed by atoms with Crippen molar-refractivity contribution in [2.45, 2.75) is 0 Å². The standard InChI is InChI=1S/C14H10O.Y/c15-14(13-9-5-2-6-10-13)11-12-7-3-1-4-8-12;/h1-9,11H;/q-2;. The van der Waals surface area contributed by atoms with E-state index in [-0.39, 0.29) is 38.5 Å². The van der Waals surface area contributed by atoms with E-state index in [0.29, 0.717) is 5.56 Å². The first-order valence-electron chi connectivity index (χ1n) is 4.77. The van der Waals surface area contributed by atoms with Crippen LogP contribution in [0.1, 0.15) is 15.9 Å². The predicted molar refractivity (Wildman–Crippen MR) is 59.5 cm³/mol. The molecule has 0 bridgehead atoms. The second-order valence-electron chi connectivity index (χ2n) is 3.20. The number of benzene rings is 2. The first kappa shape index (κ1) is 13.2. The minimum Gasteiger partial charge on any atom is -0.369 e. The number of ketones is 1. The largest absolute Gasteiger partial charge is 0.369 e. The smallest absolute Gasteiger partial charge is 0.0204 e. The van der Waals surface area contributed by atoms with E-state index in [1.165, 1.54) is 0 Å². The monoisotopic (exact) mass is 283 g/mol. The summed E-state index contributed by atoms with van der Waals surface area (Å²) < 4.78 is 0. The van der Waals surface area contributed by atoms with Gasteiger partial charge in [0.15, 0.2) is 0 Å². The molecule has 2 rings (SSSR count). The van der Waals surface area contributed by atoms with Gasteiger partial charge in [0.05, 0.1) is 0 Å². The molecule has 16 heavy (non-hydrogen) atoms. The van der Waals surface area contributed by atoms with E-state index >= 15 is 0 Å². The Morgan fingerprint density at radius 2 is 1.69 bits per heavy atom. The van der Waals surface area contributed by atoms with Gasteiger partial charge < -0.3 is 4.79 Å². The molecule has 0 atom stereocenters. The van der Waals surface area contributed by atoms with Crippen molar-refractivity contribution in [2.75, 3.05) is 0 Å². The van der Waals surface area contributed by atoms with E-state index in [1.54, 1.807) is 18.6 Å². The van der Waals surface area contributed by atoms with E-state index in [9.17, 15) is 4.79 Å². The number of hydrogen-bond acceptors (Lipinski definition) is 1. The Labute approximate surface area is 121 Å². The summed E-state index contributed by atoms with van der Waals surface area (Å²) in [6.07, 6.45) is 1.62. The summed E-state index contributed by atoms with van der Waals surface area (Å²) in [7, 11) is 0. The molecule has 0 aromatic heterocycles. The maximum Gasteiger partial charge on any atom is 0.0204 e. The Bertz CT molecular complexity index is 437. The van der Waals surface area contributed by atoms with Crippen LogP contribution in [0.4, 0.5) is 0 Å². The number of hydrogen-bond donors (Lipinski definition) is 0. The van der Waals surface area contributed by atoms with Crippen molar-refractivity contribution in [3.63, 3.8) is 0 Å². The molecule has 0 fully saturated rings. The Morgan fingerprint density at radius 1 is 1.00 bits per heavy atom. The van der Waals surface area contributed by atoms with E-state index in [2.05, 4.69) is 6.07 Å². The second kappa shape index (κ2) is 6.62. The minimum absolute atomic E-state index is 0. The molecular formula is C14H10OY-2. The van der Waals surface area contributed by atoms with Crippen molar-refractivity contribution < 1.29 is 37.5 Å². The second-order valence-corrected chi connectivity index (χ2v) is 3.20. The molecule has 1 radical (unpaired) electrons. The van der Waals surface area contributed by atoms with Crippen molar-refractivity contribution in [3.8, 4) is 0 Å². The molecule has 0 N–H and O–H groups in total. The average Bonchev–Trinajstić information content (AvgIpc) is 2.31. The summed E-state index contributed by atoms with van der Waals surface area (Å²) in [6, 6.07) is 19.7. The van der Waals surface area contributed by atoms with Gasteiger partial charge in [-0.05, 0) is 0 Å². The zero-order valence-electron chi connectivity index (χ0n) is 8.76. The molecule has 2 aromatic rings. The molecule has 0 aliphatic rings. The van der Waals surface area contributed by atoms with Crippen LogP contribution in [0.5, 0.6) is 0 Å². The normalized spacial score (nSPS) is 9.00. The van der Waals surface area contributed by atoms with E-state index in [0.717, 1.165) is 5.56 Å². The molecule has 2 heteroatoms. The van der Waals surface area contributed by atoms with Crippen molar-refractivity contribution >= 4 is 5.78 Å². The summed E-state index contributed by atoms with van der Waals surface area (Å²) in [6.45, 7) is 0. The molecule has 0 aliphatic carbocycles. The molecule has 0 amide bonds. The third-order valence-corrected chi connectivity index (χ3v) is 2.07. The molecule has 0 spiro atoms. The topological polar surface area (TPSA) is 17.1 Å². The summed E-state index contributed by atoms with van der Waals surface area (Å²) in [4.78, 5) is 11.7. The van der Waals surface area contributed by atoms with Crippen LogP contribution in [0.3, 0.4) is 0 Å². The molecule has 1 nitrogen and oxygen atoms in total. The minimum atomic E-state index is -0.0122. The molecule has 0 heterocycles. The summed E-state index contributed by atoms with van der Waals surface area (Å²) >= 11 is 0. The van der Waals surface area contributed by atoms with Crippen LogP contribution < -0.4 is 0 Å². The first-order chi connectivity index (χ1) is 7.36. The van der Waals surface area contributed by atoms with Gasteiger partial charge in [-0.2, -0.15) is 35.4 Å². The van der Waals surface area contributed by atoms with Gasteiger partial charge in [0.25, 0.3) is 0 Å². The predicted octanol–water partition coefficient (Wildman–Crippen LogP) is 2.92. The van der Waals surface area contributed by atoms with Gasteiger partial charge >= 0.3 is 0 Å². The third-order valence-electron chi connectivity index (χ3n) is 2.07. The van der Waals surface area contributed by atoms with Gasteiger partial charge in [0, 0.05) is 38.5 Å². The first-order valence-corrected chi connectivity index (χ1v) is 4.77. The fourth-order valence-electron chi connectivity index (χ4n) is 1.32. The molecule has 2 aromatic carbocycles. The van der Waals surface area contributed by atoms with Crippen LogP contribution >= 0.6 is 0 Å². The van der Waals surface area contributed by atoms with E-state index in [4.69, 9.17) is 0 Å². The molecular weight excluding hydrogens is 273 g/mol. The third kappa shape index (κ3) is 3.59. The van der Waals surface area contributed by atoms with Crippen LogP contribution in [0.25, 0.3) is 0 Å². The zero-order chi connectivity index (χ0) is 10.5. The van der Waals surface area contributed by atoms with Crippen LogP contribution in [0.15, 0.2) is 54.6 Å². The SMILES string of the molecule is O=C([CH-]c1ccccc1)c1[c-]cccc1.[Y]. The van der Waals surface area contributed by atoms with Gasteiger partial charge in [-0.3, -0.25) is 0 Å². The van der Waals surface area contributed by atoms with Crippen molar-refractivity contribution in [1.29, 1.82) is 0 Å². The van der Waals surface area contributed by atoms with Gasteiger partial charge in [-0.15, -0.1) is 36.8 Å². The Balaban J connectivity index is 0.00000128. The Hall–Kier alpha value is -0.916. The molecule has 0 aliphatic heterocycles. The van der Waals surface area contributed by atoms with Crippen LogP contribution in [-0.2, 0) is 32.7 Å². The van der Waals surface area contributed by atoms with Gasteiger partial charge in [0.2, 0.25) is 0 Å². The van der Waals surface area contributed by atoms with Gasteiger partial charge in [0.1, 0.15) is 0 Å². The maximum absolute atomic E-state index is 11.7. The van der Waals surface area contributed by atoms with Crippen LogP contribution in [0, 0.1) is 12.5 Å². The maximum atomic E-state index is 11.7. The molecule has 0 unspecified atom stereocenters. The van der Waals surface area contributed by atoms with Gasteiger partial charge in [-0.1, -0.05) is 6.07 Å². The average molecular weight is 283 g/mol. The summed E-state index contributed by atoms with van der Waals surface area (Å²) in [5.41, 5.74) is 1.51. The number of Topliss-reactive ketones (excluding diaryl/α,β-unsaturated/α-hetero) is 1. The van der Waals surface area contributed by atoms with Crippen molar-refractivity contribution in [2.24, 2.45) is 0 Å². The molecule has 0 saturated carbocycles. The Morgan fingerprint density at radius 3 is 2.31 bits per heavy atom. The zero-order valence-corrected chi connectivity index (χ0v) is 11.6. The number of rotatable bonds is 3. The van der Waals surface area contributed by atoms with Crippen molar-refractivity contribution in [1.82, 2.24) is 0 Å². The van der Waals surface area contributed by atoms with Crippen molar-refractivity contribution in [3.05, 3.63) is 78.2 Å². The number of carbonyl (C=O) groups excluding carboxylic acids is 1. The fraction of sp³-hybridized carbons (Fsp3) is 0. The summed E-state index contributed by atoms with van der Waals surface area (Å²) in [5, 5.41) is 0. The molecule has 0 saturated heterocycles. The van der Waals surface area contributed by atoms with Crippen LogP contribution in [0.2, 0.25) is 0 Å². The molecule has 77 valence electrons.